The fourth-order valence-electron chi connectivity index (χ4n) is 0.815. The highest BCUT2D eigenvalue weighted by atomic mass is 32.1. The first kappa shape index (κ1) is 6.41. The molecule has 0 atom stereocenters. The number of hydrogen-bond donors (Lipinski definition) is 2. The number of fused-ring (bicyclic) bond motifs is 1. The van der Waals surface area contributed by atoms with E-state index in [0.29, 0.717) is 10.8 Å². The molecule has 0 amide bonds. The van der Waals surface area contributed by atoms with Crippen LogP contribution in [-0.2, 0) is 0 Å². The number of nitrogens with zero attached hydrogens (tertiary/aromatic N) is 4. The third-order valence-corrected chi connectivity index (χ3v) is 1.60. The first-order valence-corrected chi connectivity index (χ1v) is 3.31. The molecule has 56 valence electrons. The van der Waals surface area contributed by atoms with Gasteiger partial charge in [-0.05, 0) is 0 Å². The lowest BCUT2D eigenvalue weighted by Crippen LogP contribution is -1.93. The predicted molar refractivity (Wildman–Crippen MR) is 39.7 cm³/mol. The first-order valence-electron chi connectivity index (χ1n) is 2.86. The molecular weight excluding hydrogens is 164 g/mol. The highest BCUT2D eigenvalue weighted by Gasteiger charge is 2.04. The Balaban J connectivity index is 2.96. The Morgan fingerprint density at radius 2 is 2.27 bits per heavy atom. The summed E-state index contributed by atoms with van der Waals surface area (Å²) in [5, 5.41) is 16.5. The van der Waals surface area contributed by atoms with Gasteiger partial charge >= 0.3 is 0 Å². The second-order valence-corrected chi connectivity index (χ2v) is 2.34. The highest BCUT2D eigenvalue weighted by molar-refractivity contribution is 7.80. The molecule has 0 saturated heterocycles. The van der Waals surface area contributed by atoms with Crippen molar-refractivity contribution in [3.8, 4) is 5.88 Å². The molecule has 0 aliphatic heterocycles. The van der Waals surface area contributed by atoms with Crippen LogP contribution in [-0.4, -0.2) is 24.7 Å². The molecule has 0 aliphatic carbocycles. The highest BCUT2D eigenvalue weighted by Crippen LogP contribution is 2.13. The van der Waals surface area contributed by atoms with Crippen molar-refractivity contribution in [3.63, 3.8) is 0 Å². The number of aromatic nitrogens is 4. The van der Waals surface area contributed by atoms with E-state index in [-0.39, 0.29) is 5.88 Å². The minimum atomic E-state index is -0.187. The Bertz CT molecular complexity index is 362. The van der Waals surface area contributed by atoms with Crippen LogP contribution in [0.1, 0.15) is 0 Å². The van der Waals surface area contributed by atoms with Gasteiger partial charge in [0.1, 0.15) is 0 Å². The lowest BCUT2D eigenvalue weighted by molar-refractivity contribution is 0.441. The van der Waals surface area contributed by atoms with Crippen LogP contribution in [0.3, 0.4) is 0 Å². The van der Waals surface area contributed by atoms with Gasteiger partial charge in [-0.15, -0.1) is 22.8 Å². The first-order chi connectivity index (χ1) is 5.29. The van der Waals surface area contributed by atoms with Gasteiger partial charge in [-0.2, -0.15) is 0 Å². The van der Waals surface area contributed by atoms with Crippen LogP contribution in [0.5, 0.6) is 5.88 Å². The normalized spacial score (nSPS) is 10.6. The van der Waals surface area contributed by atoms with E-state index in [2.05, 4.69) is 27.8 Å². The molecule has 1 N–H and O–H groups in total. The van der Waals surface area contributed by atoms with E-state index in [1.807, 2.05) is 0 Å². The smallest absolute Gasteiger partial charge is 0.275 e. The summed E-state index contributed by atoms with van der Waals surface area (Å²) in [6.07, 6.45) is 3.18. The van der Waals surface area contributed by atoms with Gasteiger partial charge in [-0.25, -0.2) is 4.98 Å². The van der Waals surface area contributed by atoms with Gasteiger partial charge in [-0.3, -0.25) is 4.40 Å². The van der Waals surface area contributed by atoms with Crippen LogP contribution in [0.2, 0.25) is 0 Å². The fourth-order valence-corrected chi connectivity index (χ4v) is 1.02. The Morgan fingerprint density at radius 3 is 3.00 bits per heavy atom. The van der Waals surface area contributed by atoms with Crippen LogP contribution in [0.4, 0.5) is 0 Å². The molecule has 2 aromatic rings. The zero-order valence-corrected chi connectivity index (χ0v) is 6.23. The van der Waals surface area contributed by atoms with E-state index in [9.17, 15) is 0 Å². The predicted octanol–water partition coefficient (Wildman–Crippen LogP) is 0.119. The summed E-state index contributed by atoms with van der Waals surface area (Å²) in [5.41, 5.74) is 0.366. The Kier molecular flexibility index (Phi) is 1.22. The van der Waals surface area contributed by atoms with E-state index in [0.717, 1.165) is 0 Å². The molecule has 0 spiro atoms. The molecule has 11 heavy (non-hydrogen) atoms. The van der Waals surface area contributed by atoms with Crippen molar-refractivity contribution in [2.75, 3.05) is 0 Å². The lowest BCUT2D eigenvalue weighted by atomic mass is 10.7. The average molecular weight is 168 g/mol. The SMILES string of the molecule is Oc1nnc(S)n2ccnc12. The van der Waals surface area contributed by atoms with Crippen LogP contribution >= 0.6 is 12.6 Å². The molecule has 0 bridgehead atoms. The molecule has 5 nitrogen and oxygen atoms in total. The number of aromatic hydroxyl groups is 1. The van der Waals surface area contributed by atoms with Crippen LogP contribution in [0.25, 0.3) is 5.65 Å². The van der Waals surface area contributed by atoms with Crippen molar-refractivity contribution in [3.05, 3.63) is 12.4 Å². The molecule has 0 saturated carbocycles. The second-order valence-electron chi connectivity index (χ2n) is 1.94. The van der Waals surface area contributed by atoms with Crippen molar-refractivity contribution in [1.29, 1.82) is 0 Å². The third-order valence-electron chi connectivity index (χ3n) is 1.29. The minimum Gasteiger partial charge on any atom is -0.490 e. The van der Waals surface area contributed by atoms with Crippen molar-refractivity contribution in [1.82, 2.24) is 19.6 Å². The quantitative estimate of drug-likeness (QED) is 0.548. The van der Waals surface area contributed by atoms with Crippen molar-refractivity contribution < 1.29 is 5.11 Å². The zero-order valence-electron chi connectivity index (χ0n) is 5.34. The number of hydrogen-bond acceptors (Lipinski definition) is 5. The molecule has 2 heterocycles. The molecule has 0 fully saturated rings. The maximum atomic E-state index is 9.09. The number of thiol groups is 1. The van der Waals surface area contributed by atoms with Gasteiger partial charge in [0.15, 0.2) is 5.16 Å². The summed E-state index contributed by atoms with van der Waals surface area (Å²) in [4.78, 5) is 3.84. The summed E-state index contributed by atoms with van der Waals surface area (Å²) in [6.45, 7) is 0. The van der Waals surface area contributed by atoms with Crippen molar-refractivity contribution in [2.45, 2.75) is 5.16 Å². The van der Waals surface area contributed by atoms with Gasteiger partial charge in [-0.1, -0.05) is 0 Å². The van der Waals surface area contributed by atoms with Crippen molar-refractivity contribution >= 4 is 18.3 Å². The standard InChI is InChI=1S/C5H4N4OS/c10-4-3-6-1-2-9(3)5(11)8-7-4/h1-2H,(H,7,10)(H,8,11). The number of imidazole rings is 1. The third kappa shape index (κ3) is 0.829. The van der Waals surface area contributed by atoms with Gasteiger partial charge in [0.2, 0.25) is 5.65 Å². The molecule has 0 aliphatic rings. The fraction of sp³-hybridized carbons (Fsp3) is 0. The van der Waals surface area contributed by atoms with Crippen LogP contribution in [0, 0.1) is 0 Å². The molecule has 6 heteroatoms. The summed E-state index contributed by atoms with van der Waals surface area (Å²) in [7, 11) is 0. The van der Waals surface area contributed by atoms with E-state index in [4.69, 9.17) is 5.11 Å². The molecule has 2 rings (SSSR count). The minimum absolute atomic E-state index is 0.187. The van der Waals surface area contributed by atoms with Gasteiger partial charge in [0, 0.05) is 12.4 Å². The Hall–Kier alpha value is -1.30. The average Bonchev–Trinajstić information content (AvgIpc) is 2.45. The van der Waals surface area contributed by atoms with E-state index in [1.54, 1.807) is 6.20 Å². The molecule has 2 aromatic heterocycles. The topological polar surface area (TPSA) is 63.3 Å². The van der Waals surface area contributed by atoms with Gasteiger partial charge in [0.25, 0.3) is 5.88 Å². The number of rotatable bonds is 0. The molecular formula is C5H4N4OS. The van der Waals surface area contributed by atoms with E-state index < -0.39 is 0 Å². The van der Waals surface area contributed by atoms with Gasteiger partial charge < -0.3 is 5.11 Å². The molecule has 0 radical (unpaired) electrons. The van der Waals surface area contributed by atoms with Crippen LogP contribution < -0.4 is 0 Å². The maximum absolute atomic E-state index is 9.09. The Morgan fingerprint density at radius 1 is 1.45 bits per heavy atom. The van der Waals surface area contributed by atoms with Gasteiger partial charge in [0.05, 0.1) is 0 Å². The second kappa shape index (κ2) is 2.09. The monoisotopic (exact) mass is 168 g/mol. The van der Waals surface area contributed by atoms with E-state index in [1.165, 1.54) is 10.6 Å². The summed E-state index contributed by atoms with van der Waals surface area (Å²) < 4.78 is 1.53. The largest absolute Gasteiger partial charge is 0.490 e. The Labute approximate surface area is 67.1 Å². The summed E-state index contributed by atoms with van der Waals surface area (Å²) in [5.74, 6) is -0.187. The zero-order chi connectivity index (χ0) is 7.84. The maximum Gasteiger partial charge on any atom is 0.275 e. The lowest BCUT2D eigenvalue weighted by Gasteiger charge is -1.95. The van der Waals surface area contributed by atoms with Crippen LogP contribution in [0.15, 0.2) is 17.6 Å². The summed E-state index contributed by atoms with van der Waals surface area (Å²) in [6, 6.07) is 0. The van der Waals surface area contributed by atoms with Crippen molar-refractivity contribution in [2.24, 2.45) is 0 Å². The molecule has 0 unspecified atom stereocenters. The van der Waals surface area contributed by atoms with E-state index >= 15 is 0 Å². The molecule has 0 aromatic carbocycles. The summed E-state index contributed by atoms with van der Waals surface area (Å²) >= 11 is 4.00.